The van der Waals surface area contributed by atoms with E-state index in [1.54, 1.807) is 0 Å². The first-order valence-corrected chi connectivity index (χ1v) is 7.25. The van der Waals surface area contributed by atoms with Crippen molar-refractivity contribution in [3.63, 3.8) is 0 Å². The van der Waals surface area contributed by atoms with E-state index in [0.717, 1.165) is 5.69 Å². The molecule has 0 aromatic heterocycles. The van der Waals surface area contributed by atoms with Gasteiger partial charge in [-0.1, -0.05) is 43.0 Å². The molecule has 3 rings (SSSR count). The Kier molecular flexibility index (Phi) is 3.53. The first-order chi connectivity index (χ1) is 10.2. The molecule has 1 heterocycles. The van der Waals surface area contributed by atoms with E-state index in [9.17, 15) is 0 Å². The van der Waals surface area contributed by atoms with Crippen LogP contribution in [0.1, 0.15) is 18.4 Å². The highest BCUT2D eigenvalue weighted by atomic mass is 15.2. The number of benzene rings is 2. The normalized spacial score (nSPS) is 20.7. The Bertz CT molecular complexity index is 673. The van der Waals surface area contributed by atoms with Crippen molar-refractivity contribution in [2.45, 2.75) is 18.9 Å². The predicted octanol–water partition coefficient (Wildman–Crippen LogP) is 4.63. The second kappa shape index (κ2) is 5.49. The molecule has 0 saturated heterocycles. The van der Waals surface area contributed by atoms with E-state index in [0.29, 0.717) is 12.0 Å². The van der Waals surface area contributed by atoms with Crippen molar-refractivity contribution >= 4 is 17.1 Å². The Hall–Kier alpha value is -2.48. The van der Waals surface area contributed by atoms with Crippen molar-refractivity contribution < 1.29 is 0 Å². The van der Waals surface area contributed by atoms with Crippen LogP contribution >= 0.6 is 0 Å². The highest BCUT2D eigenvalue weighted by molar-refractivity contribution is 5.75. The molecule has 0 aliphatic carbocycles. The molecule has 2 nitrogen and oxygen atoms in total. The van der Waals surface area contributed by atoms with Crippen LogP contribution in [0.25, 0.3) is 0 Å². The van der Waals surface area contributed by atoms with Gasteiger partial charge >= 0.3 is 0 Å². The van der Waals surface area contributed by atoms with Gasteiger partial charge in [-0.25, -0.2) is 0 Å². The monoisotopic (exact) mass is 276 g/mol. The lowest BCUT2D eigenvalue weighted by atomic mass is 9.95. The number of fused-ring (bicyclic) bond motifs is 1. The van der Waals surface area contributed by atoms with Gasteiger partial charge in [0.25, 0.3) is 0 Å². The molecule has 0 radical (unpaired) electrons. The maximum absolute atomic E-state index is 5.99. The van der Waals surface area contributed by atoms with Gasteiger partial charge in [0.05, 0.1) is 0 Å². The zero-order valence-electron chi connectivity index (χ0n) is 12.2. The van der Waals surface area contributed by atoms with E-state index in [2.05, 4.69) is 60.9 Å². The summed E-state index contributed by atoms with van der Waals surface area (Å²) in [4.78, 5) is 2.38. The van der Waals surface area contributed by atoms with Gasteiger partial charge in [0.1, 0.15) is 0 Å². The van der Waals surface area contributed by atoms with Crippen LogP contribution in [0.3, 0.4) is 0 Å². The standard InChI is InChI=1S/C19H20N2/c1-3-4-10-17-14(2)21(16-8-6-5-7-9-16)19-12-11-15(20)13-18(17)19/h3-14,17H,1,20H2,2H3/b10-4-. The van der Waals surface area contributed by atoms with Crippen molar-refractivity contribution in [3.05, 3.63) is 78.9 Å². The largest absolute Gasteiger partial charge is 0.399 e. The summed E-state index contributed by atoms with van der Waals surface area (Å²) in [5.74, 6) is 0.321. The summed E-state index contributed by atoms with van der Waals surface area (Å²) in [5.41, 5.74) is 10.5. The third kappa shape index (κ3) is 2.33. The number of anilines is 3. The lowest BCUT2D eigenvalue weighted by Crippen LogP contribution is -2.26. The number of allylic oxidation sites excluding steroid dienone is 2. The second-order valence-electron chi connectivity index (χ2n) is 5.41. The van der Waals surface area contributed by atoms with Crippen molar-refractivity contribution in [1.82, 2.24) is 0 Å². The van der Waals surface area contributed by atoms with Crippen LogP contribution in [-0.2, 0) is 0 Å². The summed E-state index contributed by atoms with van der Waals surface area (Å²) >= 11 is 0. The van der Waals surface area contributed by atoms with Crippen LogP contribution in [0, 0.1) is 0 Å². The first kappa shape index (κ1) is 13.5. The Labute approximate surface area is 126 Å². The van der Waals surface area contributed by atoms with Crippen molar-refractivity contribution in [1.29, 1.82) is 0 Å². The van der Waals surface area contributed by atoms with Crippen LogP contribution < -0.4 is 10.6 Å². The third-order valence-electron chi connectivity index (χ3n) is 4.09. The highest BCUT2D eigenvalue weighted by Crippen LogP contribution is 2.46. The number of rotatable bonds is 3. The fraction of sp³-hybridized carbons (Fsp3) is 0.158. The Morgan fingerprint density at radius 3 is 2.62 bits per heavy atom. The maximum atomic E-state index is 5.99. The number of hydrogen-bond donors (Lipinski definition) is 1. The summed E-state index contributed by atoms with van der Waals surface area (Å²) < 4.78 is 0. The number of hydrogen-bond acceptors (Lipinski definition) is 2. The molecular formula is C19H20N2. The van der Waals surface area contributed by atoms with Crippen LogP contribution in [0.4, 0.5) is 17.1 Å². The van der Waals surface area contributed by atoms with E-state index in [1.165, 1.54) is 16.9 Å². The second-order valence-corrected chi connectivity index (χ2v) is 5.41. The van der Waals surface area contributed by atoms with E-state index >= 15 is 0 Å². The lowest BCUT2D eigenvalue weighted by molar-refractivity contribution is 0.690. The number of nitrogen functional groups attached to an aromatic ring is 1. The molecule has 2 aromatic rings. The van der Waals surface area contributed by atoms with E-state index < -0.39 is 0 Å². The zero-order chi connectivity index (χ0) is 14.8. The quantitative estimate of drug-likeness (QED) is 0.654. The minimum absolute atomic E-state index is 0.321. The van der Waals surface area contributed by atoms with Crippen LogP contribution in [0.5, 0.6) is 0 Å². The molecule has 106 valence electrons. The van der Waals surface area contributed by atoms with Gasteiger partial charge in [0.15, 0.2) is 0 Å². The van der Waals surface area contributed by atoms with E-state index in [1.807, 2.05) is 24.3 Å². The molecule has 0 amide bonds. The SMILES string of the molecule is C=C/C=C\C1c2cc(N)ccc2N(c2ccccc2)C1C. The van der Waals surface area contributed by atoms with Gasteiger partial charge in [0, 0.05) is 29.0 Å². The van der Waals surface area contributed by atoms with Crippen LogP contribution in [-0.4, -0.2) is 6.04 Å². The molecule has 0 bridgehead atoms. The van der Waals surface area contributed by atoms with Crippen molar-refractivity contribution in [2.24, 2.45) is 0 Å². The molecule has 2 N–H and O–H groups in total. The average molecular weight is 276 g/mol. The fourth-order valence-electron chi connectivity index (χ4n) is 3.12. The minimum Gasteiger partial charge on any atom is -0.399 e. The number of nitrogens with zero attached hydrogens (tertiary/aromatic N) is 1. The lowest BCUT2D eigenvalue weighted by Gasteiger charge is -2.26. The van der Waals surface area contributed by atoms with Gasteiger partial charge in [-0.2, -0.15) is 0 Å². The maximum Gasteiger partial charge on any atom is 0.0454 e. The van der Waals surface area contributed by atoms with Crippen LogP contribution in [0.2, 0.25) is 0 Å². The number of nitrogens with two attached hydrogens (primary N) is 1. The molecule has 2 unspecified atom stereocenters. The highest BCUT2D eigenvalue weighted by Gasteiger charge is 2.34. The van der Waals surface area contributed by atoms with E-state index in [-0.39, 0.29) is 0 Å². The average Bonchev–Trinajstić information content (AvgIpc) is 2.77. The summed E-state index contributed by atoms with van der Waals surface area (Å²) in [7, 11) is 0. The molecule has 21 heavy (non-hydrogen) atoms. The molecule has 1 aliphatic heterocycles. The van der Waals surface area contributed by atoms with Gasteiger partial charge in [0.2, 0.25) is 0 Å². The minimum atomic E-state index is 0.321. The molecule has 2 aromatic carbocycles. The van der Waals surface area contributed by atoms with Crippen molar-refractivity contribution in [2.75, 3.05) is 10.6 Å². The van der Waals surface area contributed by atoms with E-state index in [4.69, 9.17) is 5.73 Å². The smallest absolute Gasteiger partial charge is 0.0454 e. The molecule has 0 fully saturated rings. The Morgan fingerprint density at radius 1 is 1.14 bits per heavy atom. The zero-order valence-corrected chi connectivity index (χ0v) is 12.2. The molecular weight excluding hydrogens is 256 g/mol. The molecule has 0 spiro atoms. The third-order valence-corrected chi connectivity index (χ3v) is 4.09. The topological polar surface area (TPSA) is 29.3 Å². The molecule has 2 atom stereocenters. The fourth-order valence-corrected chi connectivity index (χ4v) is 3.12. The summed E-state index contributed by atoms with van der Waals surface area (Å²) in [6, 6.07) is 17.0. The number of para-hydroxylation sites is 1. The van der Waals surface area contributed by atoms with Gasteiger partial charge in [-0.05, 0) is 42.8 Å². The van der Waals surface area contributed by atoms with Crippen molar-refractivity contribution in [3.8, 4) is 0 Å². The Morgan fingerprint density at radius 2 is 1.90 bits per heavy atom. The summed E-state index contributed by atoms with van der Waals surface area (Å²) in [5, 5.41) is 0. The van der Waals surface area contributed by atoms with Gasteiger partial charge in [-0.15, -0.1) is 0 Å². The molecule has 0 saturated carbocycles. The predicted molar refractivity (Wildman–Crippen MR) is 91.0 cm³/mol. The first-order valence-electron chi connectivity index (χ1n) is 7.25. The Balaban J connectivity index is 2.12. The molecule has 2 heteroatoms. The summed E-state index contributed by atoms with van der Waals surface area (Å²) in [6.45, 7) is 6.02. The summed E-state index contributed by atoms with van der Waals surface area (Å²) in [6.07, 6.45) is 6.05. The molecule has 1 aliphatic rings. The van der Waals surface area contributed by atoms with Gasteiger partial charge < -0.3 is 10.6 Å². The van der Waals surface area contributed by atoms with Gasteiger partial charge in [-0.3, -0.25) is 0 Å². The van der Waals surface area contributed by atoms with Crippen LogP contribution in [0.15, 0.2) is 73.3 Å².